The molecule has 2 aromatic rings. The van der Waals surface area contributed by atoms with Crippen LogP contribution >= 0.6 is 0 Å². The van der Waals surface area contributed by atoms with Crippen molar-refractivity contribution in [3.8, 4) is 0 Å². The summed E-state index contributed by atoms with van der Waals surface area (Å²) >= 11 is 0. The summed E-state index contributed by atoms with van der Waals surface area (Å²) in [4.78, 5) is 0. The van der Waals surface area contributed by atoms with Crippen molar-refractivity contribution in [2.75, 3.05) is 11.7 Å². The first-order valence-electron chi connectivity index (χ1n) is 6.39. The summed E-state index contributed by atoms with van der Waals surface area (Å²) in [5.74, 6) is 0. The van der Waals surface area contributed by atoms with Crippen LogP contribution in [0.15, 0.2) is 59.7 Å². The Morgan fingerprint density at radius 1 is 1.00 bits per heavy atom. The predicted octanol–water partition coefficient (Wildman–Crippen LogP) is 2.09. The monoisotopic (exact) mass is 252 g/mol. The van der Waals surface area contributed by atoms with Crippen molar-refractivity contribution < 1.29 is 0 Å². The number of fused-ring (bicyclic) bond motifs is 1. The molecule has 0 saturated heterocycles. The fourth-order valence-corrected chi connectivity index (χ4v) is 2.09. The maximum absolute atomic E-state index is 4.11. The largest absolute Gasteiger partial charge is 0.213 e. The average molecular weight is 252 g/mol. The molecule has 0 bridgehead atoms. The minimum Gasteiger partial charge on any atom is -0.213 e. The van der Waals surface area contributed by atoms with Crippen LogP contribution in [-0.2, 0) is 6.42 Å². The molecule has 0 amide bonds. The Labute approximate surface area is 112 Å². The molecule has 0 radical (unpaired) electrons. The third-order valence-corrected chi connectivity index (χ3v) is 3.07. The van der Waals surface area contributed by atoms with Crippen LogP contribution < -0.4 is 16.1 Å². The van der Waals surface area contributed by atoms with E-state index in [0.717, 1.165) is 24.2 Å². The minimum absolute atomic E-state index is 0.848. The van der Waals surface area contributed by atoms with Gasteiger partial charge < -0.3 is 0 Å². The fraction of sp³-hybridized carbons (Fsp3) is 0.133. The Kier molecular flexibility index (Phi) is 3.42. The molecule has 0 spiro atoms. The standard InChI is InChI=1S/C15H16N4/c1-2-6-13(7-3-1)10-11-17-19-15-9-5-4-8-14(15)12-16-18-19/h1-9,12,17-18H,10-11H2. The van der Waals surface area contributed by atoms with Crippen LogP contribution in [0.2, 0.25) is 0 Å². The zero-order valence-electron chi connectivity index (χ0n) is 10.6. The van der Waals surface area contributed by atoms with Gasteiger partial charge in [0.05, 0.1) is 11.9 Å². The van der Waals surface area contributed by atoms with Gasteiger partial charge in [0, 0.05) is 12.1 Å². The number of hydrazone groups is 1. The van der Waals surface area contributed by atoms with Gasteiger partial charge in [-0.25, -0.2) is 16.1 Å². The number of hydrogen-bond acceptors (Lipinski definition) is 4. The lowest BCUT2D eigenvalue weighted by atomic mass is 10.1. The Morgan fingerprint density at radius 2 is 1.79 bits per heavy atom. The Bertz CT molecular complexity index is 565. The van der Waals surface area contributed by atoms with Gasteiger partial charge in [0.15, 0.2) is 0 Å². The van der Waals surface area contributed by atoms with E-state index in [-0.39, 0.29) is 0 Å². The van der Waals surface area contributed by atoms with E-state index in [9.17, 15) is 0 Å². The highest BCUT2D eigenvalue weighted by molar-refractivity contribution is 5.88. The summed E-state index contributed by atoms with van der Waals surface area (Å²) in [5.41, 5.74) is 9.80. The van der Waals surface area contributed by atoms with E-state index in [1.165, 1.54) is 5.56 Å². The predicted molar refractivity (Wildman–Crippen MR) is 77.8 cm³/mol. The molecule has 0 unspecified atom stereocenters. The third-order valence-electron chi connectivity index (χ3n) is 3.07. The van der Waals surface area contributed by atoms with Crippen LogP contribution in [0, 0.1) is 0 Å². The van der Waals surface area contributed by atoms with E-state index in [1.54, 1.807) is 0 Å². The fourth-order valence-electron chi connectivity index (χ4n) is 2.09. The van der Waals surface area contributed by atoms with Crippen molar-refractivity contribution in [3.63, 3.8) is 0 Å². The highest BCUT2D eigenvalue weighted by atomic mass is 15.8. The van der Waals surface area contributed by atoms with E-state index < -0.39 is 0 Å². The molecule has 1 aliphatic heterocycles. The van der Waals surface area contributed by atoms with Crippen LogP contribution in [-0.4, -0.2) is 12.8 Å². The van der Waals surface area contributed by atoms with Crippen molar-refractivity contribution in [1.82, 2.24) is 11.0 Å². The maximum atomic E-state index is 4.11. The molecule has 0 atom stereocenters. The first-order valence-corrected chi connectivity index (χ1v) is 6.39. The number of nitrogens with one attached hydrogen (secondary N) is 2. The second-order valence-corrected chi connectivity index (χ2v) is 4.40. The van der Waals surface area contributed by atoms with Gasteiger partial charge in [-0.05, 0) is 18.1 Å². The van der Waals surface area contributed by atoms with Crippen molar-refractivity contribution in [2.24, 2.45) is 5.10 Å². The minimum atomic E-state index is 0.848. The van der Waals surface area contributed by atoms with Crippen molar-refractivity contribution in [2.45, 2.75) is 6.42 Å². The molecule has 1 heterocycles. The molecule has 2 aromatic carbocycles. The molecule has 0 saturated carbocycles. The average Bonchev–Trinajstić information content (AvgIpc) is 2.49. The van der Waals surface area contributed by atoms with Crippen molar-refractivity contribution in [1.29, 1.82) is 0 Å². The zero-order valence-corrected chi connectivity index (χ0v) is 10.6. The summed E-state index contributed by atoms with van der Waals surface area (Å²) in [6.07, 6.45) is 2.80. The molecule has 0 aliphatic carbocycles. The maximum Gasteiger partial charge on any atom is 0.0860 e. The lowest BCUT2D eigenvalue weighted by Crippen LogP contribution is -2.48. The van der Waals surface area contributed by atoms with Crippen LogP contribution in [0.4, 0.5) is 5.69 Å². The van der Waals surface area contributed by atoms with Crippen molar-refractivity contribution >= 4 is 11.9 Å². The van der Waals surface area contributed by atoms with E-state index in [4.69, 9.17) is 0 Å². The molecule has 0 aromatic heterocycles. The van der Waals surface area contributed by atoms with Gasteiger partial charge in [-0.15, -0.1) is 0 Å². The molecular formula is C15H16N4. The lowest BCUT2D eigenvalue weighted by Gasteiger charge is -2.28. The molecule has 96 valence electrons. The summed E-state index contributed by atoms with van der Waals surface area (Å²) in [5, 5.41) is 5.97. The summed E-state index contributed by atoms with van der Waals surface area (Å²) in [7, 11) is 0. The SMILES string of the molecule is C1=NNN(NCCc2ccccc2)c2ccccc21. The zero-order chi connectivity index (χ0) is 12.9. The third kappa shape index (κ3) is 2.74. The number of para-hydroxylation sites is 1. The topological polar surface area (TPSA) is 39.7 Å². The number of benzene rings is 2. The Balaban J connectivity index is 1.61. The Hall–Kier alpha value is -2.33. The van der Waals surface area contributed by atoms with Crippen LogP contribution in [0.3, 0.4) is 0 Å². The first kappa shape index (κ1) is 11.7. The number of nitrogens with zero attached hydrogens (tertiary/aromatic N) is 2. The number of rotatable bonds is 4. The second kappa shape index (κ2) is 5.54. The molecule has 3 rings (SSSR count). The number of anilines is 1. The normalized spacial score (nSPS) is 12.9. The molecule has 19 heavy (non-hydrogen) atoms. The van der Waals surface area contributed by atoms with Crippen LogP contribution in [0.1, 0.15) is 11.1 Å². The first-order chi connectivity index (χ1) is 9.43. The van der Waals surface area contributed by atoms with Gasteiger partial charge in [-0.3, -0.25) is 0 Å². The van der Waals surface area contributed by atoms with Crippen molar-refractivity contribution in [3.05, 3.63) is 65.7 Å². The van der Waals surface area contributed by atoms with E-state index in [1.807, 2.05) is 35.6 Å². The number of hydrazine groups is 2. The quantitative estimate of drug-likeness (QED) is 0.875. The van der Waals surface area contributed by atoms with E-state index in [2.05, 4.69) is 46.4 Å². The van der Waals surface area contributed by atoms with E-state index >= 15 is 0 Å². The molecule has 4 nitrogen and oxygen atoms in total. The number of hydrogen-bond donors (Lipinski definition) is 2. The second-order valence-electron chi connectivity index (χ2n) is 4.40. The smallest absolute Gasteiger partial charge is 0.0860 e. The van der Waals surface area contributed by atoms with Crippen LogP contribution in [0.5, 0.6) is 0 Å². The highest BCUT2D eigenvalue weighted by Gasteiger charge is 2.11. The Morgan fingerprint density at radius 3 is 2.68 bits per heavy atom. The molecule has 1 aliphatic rings. The molecular weight excluding hydrogens is 236 g/mol. The van der Waals surface area contributed by atoms with Gasteiger partial charge in [0.1, 0.15) is 0 Å². The summed E-state index contributed by atoms with van der Waals surface area (Å²) < 4.78 is 0. The summed E-state index contributed by atoms with van der Waals surface area (Å²) in [6, 6.07) is 18.6. The van der Waals surface area contributed by atoms with Crippen LogP contribution in [0.25, 0.3) is 0 Å². The van der Waals surface area contributed by atoms with E-state index in [0.29, 0.717) is 0 Å². The molecule has 4 heteroatoms. The van der Waals surface area contributed by atoms with Gasteiger partial charge in [0.2, 0.25) is 0 Å². The van der Waals surface area contributed by atoms with Gasteiger partial charge in [-0.2, -0.15) is 5.10 Å². The summed E-state index contributed by atoms with van der Waals surface area (Å²) in [6.45, 7) is 0.848. The van der Waals surface area contributed by atoms with Gasteiger partial charge in [0.25, 0.3) is 0 Å². The van der Waals surface area contributed by atoms with Gasteiger partial charge in [-0.1, -0.05) is 48.5 Å². The molecule has 0 fully saturated rings. The highest BCUT2D eigenvalue weighted by Crippen LogP contribution is 2.17. The lowest BCUT2D eigenvalue weighted by molar-refractivity contribution is 0.536. The van der Waals surface area contributed by atoms with Gasteiger partial charge >= 0.3 is 0 Å². The molecule has 2 N–H and O–H groups in total.